The molecule has 2 amide bonds. The molecule has 24 heavy (non-hydrogen) atoms. The van der Waals surface area contributed by atoms with Gasteiger partial charge in [-0.15, -0.1) is 0 Å². The van der Waals surface area contributed by atoms with Crippen LogP contribution in [0.5, 0.6) is 5.88 Å². The van der Waals surface area contributed by atoms with Crippen LogP contribution in [0.3, 0.4) is 0 Å². The Morgan fingerprint density at radius 3 is 2.38 bits per heavy atom. The van der Waals surface area contributed by atoms with E-state index in [2.05, 4.69) is 15.3 Å². The molecule has 0 spiro atoms. The number of benzene rings is 1. The number of carbonyl (C=O) groups is 1. The molecular formula is C15H17F2N5O2. The SMILES string of the molecule is COc1nc2cc(F)c(F)cc2nc1N1CCC(NC(N)=O)CC1. The predicted molar refractivity (Wildman–Crippen MR) is 84.0 cm³/mol. The van der Waals surface area contributed by atoms with Gasteiger partial charge in [-0.25, -0.2) is 23.5 Å². The van der Waals surface area contributed by atoms with Crippen LogP contribution in [-0.4, -0.2) is 42.2 Å². The van der Waals surface area contributed by atoms with E-state index in [1.807, 2.05) is 4.90 Å². The number of nitrogens with one attached hydrogen (secondary N) is 1. The van der Waals surface area contributed by atoms with Crippen molar-refractivity contribution >= 4 is 22.9 Å². The molecule has 1 fully saturated rings. The molecule has 128 valence electrons. The van der Waals surface area contributed by atoms with Crippen LogP contribution < -0.4 is 20.7 Å². The Morgan fingerprint density at radius 2 is 1.83 bits per heavy atom. The van der Waals surface area contributed by atoms with Gasteiger partial charge in [0, 0.05) is 31.3 Å². The summed E-state index contributed by atoms with van der Waals surface area (Å²) < 4.78 is 32.0. The van der Waals surface area contributed by atoms with Crippen LogP contribution in [0.15, 0.2) is 12.1 Å². The lowest BCUT2D eigenvalue weighted by atomic mass is 10.1. The average molecular weight is 337 g/mol. The normalized spacial score (nSPS) is 15.5. The van der Waals surface area contributed by atoms with Crippen LogP contribution in [-0.2, 0) is 0 Å². The molecule has 2 aromatic rings. The van der Waals surface area contributed by atoms with Crippen molar-refractivity contribution in [2.24, 2.45) is 5.73 Å². The molecule has 3 rings (SSSR count). The topological polar surface area (TPSA) is 93.4 Å². The van der Waals surface area contributed by atoms with E-state index in [-0.39, 0.29) is 23.0 Å². The van der Waals surface area contributed by atoms with Crippen LogP contribution in [0, 0.1) is 11.6 Å². The van der Waals surface area contributed by atoms with Crippen molar-refractivity contribution in [2.45, 2.75) is 18.9 Å². The van der Waals surface area contributed by atoms with Gasteiger partial charge in [0.05, 0.1) is 18.1 Å². The first-order valence-corrected chi connectivity index (χ1v) is 7.49. The minimum atomic E-state index is -0.982. The number of urea groups is 1. The maximum Gasteiger partial charge on any atom is 0.312 e. The van der Waals surface area contributed by atoms with Gasteiger partial charge in [0.1, 0.15) is 0 Å². The molecule has 2 heterocycles. The quantitative estimate of drug-likeness (QED) is 0.886. The van der Waals surface area contributed by atoms with E-state index in [4.69, 9.17) is 10.5 Å². The average Bonchev–Trinajstić information content (AvgIpc) is 2.55. The number of fused-ring (bicyclic) bond motifs is 1. The second-order valence-electron chi connectivity index (χ2n) is 5.58. The Kier molecular flexibility index (Phi) is 4.32. The Balaban J connectivity index is 1.89. The highest BCUT2D eigenvalue weighted by Gasteiger charge is 2.24. The molecule has 1 aromatic carbocycles. The zero-order valence-corrected chi connectivity index (χ0v) is 13.1. The number of methoxy groups -OCH3 is 1. The summed E-state index contributed by atoms with van der Waals surface area (Å²) in [6, 6.07) is 1.47. The largest absolute Gasteiger partial charge is 0.478 e. The minimum Gasteiger partial charge on any atom is -0.478 e. The molecule has 9 heteroatoms. The number of primary amides is 1. The van der Waals surface area contributed by atoms with E-state index in [1.165, 1.54) is 7.11 Å². The van der Waals surface area contributed by atoms with Gasteiger partial charge in [0.2, 0.25) is 0 Å². The highest BCUT2D eigenvalue weighted by molar-refractivity contribution is 5.78. The third-order valence-electron chi connectivity index (χ3n) is 3.99. The molecule has 1 aliphatic rings. The van der Waals surface area contributed by atoms with E-state index < -0.39 is 17.7 Å². The van der Waals surface area contributed by atoms with Gasteiger partial charge < -0.3 is 20.7 Å². The van der Waals surface area contributed by atoms with Crippen molar-refractivity contribution in [2.75, 3.05) is 25.1 Å². The Labute approximate surface area is 136 Å². The third-order valence-corrected chi connectivity index (χ3v) is 3.99. The maximum atomic E-state index is 13.4. The summed E-state index contributed by atoms with van der Waals surface area (Å²) in [6.07, 6.45) is 1.37. The number of amides is 2. The number of nitrogens with zero attached hydrogens (tertiary/aromatic N) is 3. The monoisotopic (exact) mass is 337 g/mol. The summed E-state index contributed by atoms with van der Waals surface area (Å²) in [5.41, 5.74) is 5.61. The van der Waals surface area contributed by atoms with E-state index in [0.717, 1.165) is 12.1 Å². The Hall–Kier alpha value is -2.71. The number of carbonyl (C=O) groups excluding carboxylic acids is 1. The standard InChI is InChI=1S/C15H17F2N5O2/c1-24-14-13(22-4-2-8(3-5-22)19-15(18)23)20-11-6-9(16)10(17)7-12(11)21-14/h6-8H,2-5H2,1H3,(H3,18,19,23). The van der Waals surface area contributed by atoms with Gasteiger partial charge in [0.15, 0.2) is 17.5 Å². The summed E-state index contributed by atoms with van der Waals surface area (Å²) >= 11 is 0. The molecule has 7 nitrogen and oxygen atoms in total. The zero-order valence-electron chi connectivity index (χ0n) is 13.1. The van der Waals surface area contributed by atoms with Gasteiger partial charge in [-0.1, -0.05) is 0 Å². The fourth-order valence-corrected chi connectivity index (χ4v) is 2.81. The Morgan fingerprint density at radius 1 is 1.25 bits per heavy atom. The number of anilines is 1. The van der Waals surface area contributed by atoms with Crippen LogP contribution in [0.25, 0.3) is 11.0 Å². The summed E-state index contributed by atoms with van der Waals surface area (Å²) in [6.45, 7) is 1.20. The highest BCUT2D eigenvalue weighted by Crippen LogP contribution is 2.29. The number of aromatic nitrogens is 2. The maximum absolute atomic E-state index is 13.4. The Bertz CT molecular complexity index is 778. The van der Waals surface area contributed by atoms with E-state index in [1.54, 1.807) is 0 Å². The van der Waals surface area contributed by atoms with Gasteiger partial charge >= 0.3 is 6.03 Å². The molecule has 0 unspecified atom stereocenters. The second kappa shape index (κ2) is 6.42. The van der Waals surface area contributed by atoms with E-state index in [0.29, 0.717) is 31.7 Å². The lowest BCUT2D eigenvalue weighted by molar-refractivity contribution is 0.242. The van der Waals surface area contributed by atoms with Crippen molar-refractivity contribution in [1.29, 1.82) is 0 Å². The lowest BCUT2D eigenvalue weighted by Gasteiger charge is -2.33. The van der Waals surface area contributed by atoms with Crippen molar-refractivity contribution < 1.29 is 18.3 Å². The number of hydrogen-bond donors (Lipinski definition) is 2. The number of ether oxygens (including phenoxy) is 1. The van der Waals surface area contributed by atoms with Gasteiger partial charge in [0.25, 0.3) is 5.88 Å². The number of hydrogen-bond acceptors (Lipinski definition) is 5. The van der Waals surface area contributed by atoms with Crippen molar-refractivity contribution in [3.63, 3.8) is 0 Å². The van der Waals surface area contributed by atoms with Gasteiger partial charge in [-0.3, -0.25) is 0 Å². The minimum absolute atomic E-state index is 0.00435. The first-order valence-electron chi connectivity index (χ1n) is 7.49. The van der Waals surface area contributed by atoms with Crippen molar-refractivity contribution in [3.8, 4) is 5.88 Å². The van der Waals surface area contributed by atoms with Gasteiger partial charge in [-0.05, 0) is 12.8 Å². The number of piperidine rings is 1. The molecule has 3 N–H and O–H groups in total. The molecule has 0 bridgehead atoms. The molecule has 0 aliphatic carbocycles. The van der Waals surface area contributed by atoms with Crippen molar-refractivity contribution in [1.82, 2.24) is 15.3 Å². The smallest absolute Gasteiger partial charge is 0.312 e. The third kappa shape index (κ3) is 3.15. The van der Waals surface area contributed by atoms with Crippen LogP contribution >= 0.6 is 0 Å². The summed E-state index contributed by atoms with van der Waals surface area (Å²) in [5.74, 6) is -1.24. The van der Waals surface area contributed by atoms with Crippen LogP contribution in [0.1, 0.15) is 12.8 Å². The van der Waals surface area contributed by atoms with Gasteiger partial charge in [-0.2, -0.15) is 0 Å². The fraction of sp³-hybridized carbons (Fsp3) is 0.400. The number of rotatable bonds is 3. The first kappa shape index (κ1) is 16.2. The highest BCUT2D eigenvalue weighted by atomic mass is 19.2. The number of halogens is 2. The first-order chi connectivity index (χ1) is 11.5. The molecular weight excluding hydrogens is 320 g/mol. The summed E-state index contributed by atoms with van der Waals surface area (Å²) in [4.78, 5) is 21.4. The van der Waals surface area contributed by atoms with E-state index in [9.17, 15) is 13.6 Å². The molecule has 0 atom stereocenters. The lowest BCUT2D eigenvalue weighted by Crippen LogP contribution is -2.46. The van der Waals surface area contributed by atoms with Crippen LogP contribution in [0.4, 0.5) is 19.4 Å². The molecule has 0 saturated carbocycles. The fourth-order valence-electron chi connectivity index (χ4n) is 2.81. The summed E-state index contributed by atoms with van der Waals surface area (Å²) in [7, 11) is 1.45. The molecule has 1 aromatic heterocycles. The van der Waals surface area contributed by atoms with Crippen molar-refractivity contribution in [3.05, 3.63) is 23.8 Å². The second-order valence-corrected chi connectivity index (χ2v) is 5.58. The summed E-state index contributed by atoms with van der Waals surface area (Å²) in [5, 5.41) is 2.68. The van der Waals surface area contributed by atoms with E-state index >= 15 is 0 Å². The zero-order chi connectivity index (χ0) is 17.3. The predicted octanol–water partition coefficient (Wildman–Crippen LogP) is 1.55. The molecule has 1 saturated heterocycles. The van der Waals surface area contributed by atoms with Crippen LogP contribution in [0.2, 0.25) is 0 Å². The number of nitrogens with two attached hydrogens (primary N) is 1. The molecule has 0 radical (unpaired) electrons. The molecule has 1 aliphatic heterocycles.